The lowest BCUT2D eigenvalue weighted by Crippen LogP contribution is -2.03. The minimum Gasteiger partial charge on any atom is -0.326 e. The zero-order valence-electron chi connectivity index (χ0n) is 7.42. The Hall–Kier alpha value is -0.930. The maximum Gasteiger partial charge on any atom is 0.314 e. The van der Waals surface area contributed by atoms with Crippen LogP contribution in [0.4, 0.5) is 0 Å². The minimum atomic E-state index is -3.13. The van der Waals surface area contributed by atoms with Gasteiger partial charge in [-0.2, -0.15) is 0 Å². The zero-order valence-corrected chi connectivity index (χ0v) is 8.42. The third kappa shape index (κ3) is 3.09. The van der Waals surface area contributed by atoms with Gasteiger partial charge in [0.05, 0.1) is 0 Å². The molecule has 0 heterocycles. The fraction of sp³-hybridized carbons (Fsp3) is 0.111. The first kappa shape index (κ1) is 11.1. The normalized spacial score (nSPS) is 17.6. The highest BCUT2D eigenvalue weighted by Gasteiger charge is 2.10. The second kappa shape index (κ2) is 5.08. The maximum absolute atomic E-state index is 8.74. The number of hydrogen-bond acceptors (Lipinski definition) is 2. The van der Waals surface area contributed by atoms with Gasteiger partial charge in [-0.25, -0.2) is 0 Å². The Bertz CT molecular complexity index is 361. The van der Waals surface area contributed by atoms with Crippen LogP contribution in [-0.2, 0) is 4.57 Å². The van der Waals surface area contributed by atoms with Crippen LogP contribution in [-0.4, -0.2) is 9.79 Å². The molecular weight excluding hydrogens is 201 g/mol. The summed E-state index contributed by atoms with van der Waals surface area (Å²) in [5.41, 5.74) is 8.26. The molecule has 0 saturated heterocycles. The lowest BCUT2D eigenvalue weighted by Gasteiger charge is -2.01. The van der Waals surface area contributed by atoms with Gasteiger partial charge in [-0.15, -0.1) is 0 Å². The topological polar surface area (TPSA) is 83.6 Å². The van der Waals surface area contributed by atoms with Crippen molar-refractivity contribution in [3.63, 3.8) is 0 Å². The largest absolute Gasteiger partial charge is 0.326 e. The quantitative estimate of drug-likeness (QED) is 0.563. The Morgan fingerprint density at radius 3 is 2.43 bits per heavy atom. The van der Waals surface area contributed by atoms with Crippen LogP contribution in [0.3, 0.4) is 0 Å². The van der Waals surface area contributed by atoms with Gasteiger partial charge < -0.3 is 15.5 Å². The first-order valence-corrected chi connectivity index (χ1v) is 5.36. The summed E-state index contributed by atoms with van der Waals surface area (Å²) < 4.78 is 8.74. The first-order chi connectivity index (χ1) is 6.61. The van der Waals surface area contributed by atoms with Gasteiger partial charge in [-0.05, 0) is 11.1 Å². The fourth-order valence-corrected chi connectivity index (χ4v) is 1.28. The van der Waals surface area contributed by atoms with Crippen molar-refractivity contribution in [3.05, 3.63) is 41.5 Å². The van der Waals surface area contributed by atoms with Crippen LogP contribution in [0.15, 0.2) is 30.3 Å². The lowest BCUT2D eigenvalue weighted by molar-refractivity contribution is 0.405. The number of benzene rings is 1. The molecule has 0 spiro atoms. The molecule has 1 aliphatic carbocycles. The molecule has 0 radical (unpaired) electrons. The molecule has 0 aromatic heterocycles. The van der Waals surface area contributed by atoms with E-state index in [9.17, 15) is 0 Å². The molecule has 0 bridgehead atoms. The molecule has 1 aliphatic rings. The summed E-state index contributed by atoms with van der Waals surface area (Å²) in [6.07, 6.45) is 4.09. The van der Waals surface area contributed by atoms with E-state index in [2.05, 4.69) is 18.2 Å². The smallest absolute Gasteiger partial charge is 0.314 e. The van der Waals surface area contributed by atoms with E-state index < -0.39 is 8.25 Å². The molecule has 0 aliphatic heterocycles. The summed E-state index contributed by atoms with van der Waals surface area (Å²) in [6.45, 7) is 0. The predicted molar refractivity (Wildman–Crippen MR) is 55.8 cm³/mol. The average Bonchev–Trinajstić information content (AvgIpc) is 2.48. The molecule has 4 N–H and O–H groups in total. The van der Waals surface area contributed by atoms with Crippen LogP contribution in [0.1, 0.15) is 17.2 Å². The molecule has 0 amide bonds. The Morgan fingerprint density at radius 1 is 1.29 bits per heavy atom. The second-order valence-corrected chi connectivity index (χ2v) is 3.36. The summed E-state index contributed by atoms with van der Waals surface area (Å²) in [6, 6.07) is 8.32. The van der Waals surface area contributed by atoms with Crippen molar-refractivity contribution in [2.75, 3.05) is 0 Å². The van der Waals surface area contributed by atoms with Gasteiger partial charge in [0.2, 0.25) is 0 Å². The van der Waals surface area contributed by atoms with Crippen molar-refractivity contribution in [2.45, 2.75) is 6.04 Å². The van der Waals surface area contributed by atoms with Crippen molar-refractivity contribution in [2.24, 2.45) is 5.73 Å². The van der Waals surface area contributed by atoms with Crippen LogP contribution in [0, 0.1) is 0 Å². The van der Waals surface area contributed by atoms with Crippen molar-refractivity contribution in [3.8, 4) is 0 Å². The monoisotopic (exact) mass is 213 g/mol. The Morgan fingerprint density at radius 2 is 1.86 bits per heavy atom. The Kier molecular flexibility index (Phi) is 4.04. The van der Waals surface area contributed by atoms with E-state index >= 15 is 0 Å². The van der Waals surface area contributed by atoms with E-state index in [0.717, 1.165) is 0 Å². The molecule has 1 atom stereocenters. The van der Waals surface area contributed by atoms with E-state index in [1.807, 2.05) is 18.2 Å². The molecular formula is C9H12NO3P. The average molecular weight is 213 g/mol. The van der Waals surface area contributed by atoms with Crippen molar-refractivity contribution < 1.29 is 14.4 Å². The molecule has 1 aromatic rings. The van der Waals surface area contributed by atoms with Gasteiger partial charge in [-0.1, -0.05) is 36.4 Å². The van der Waals surface area contributed by atoms with Crippen LogP contribution in [0.2, 0.25) is 0 Å². The van der Waals surface area contributed by atoms with Gasteiger partial charge in [0, 0.05) is 6.04 Å². The fourth-order valence-electron chi connectivity index (χ4n) is 1.28. The standard InChI is InChI=1S/C9H9N.H3O3P/c10-9-6-5-7-3-1-2-4-8(7)9;1-4(2)3/h1-6,9H,10H2;4H,(H2,1,2,3). The molecule has 1 unspecified atom stereocenters. The van der Waals surface area contributed by atoms with Crippen molar-refractivity contribution in [1.82, 2.24) is 0 Å². The Labute approximate surface area is 82.6 Å². The summed E-state index contributed by atoms with van der Waals surface area (Å²) in [5.74, 6) is 0. The number of hydrogen-bond donors (Lipinski definition) is 3. The summed E-state index contributed by atoms with van der Waals surface area (Å²) in [5, 5.41) is 0. The molecule has 14 heavy (non-hydrogen) atoms. The highest BCUT2D eigenvalue weighted by atomic mass is 31.1. The highest BCUT2D eigenvalue weighted by Crippen LogP contribution is 2.24. The molecule has 1 aromatic carbocycles. The number of nitrogens with two attached hydrogens (primary N) is 1. The zero-order chi connectivity index (χ0) is 10.6. The minimum absolute atomic E-state index is 0.121. The molecule has 76 valence electrons. The van der Waals surface area contributed by atoms with Crippen molar-refractivity contribution in [1.29, 1.82) is 0 Å². The van der Waals surface area contributed by atoms with Crippen LogP contribution >= 0.6 is 8.25 Å². The second-order valence-electron chi connectivity index (χ2n) is 2.80. The SMILES string of the molecule is NC1C=Cc2ccccc21.O=[PH](O)O. The predicted octanol–water partition coefficient (Wildman–Crippen LogP) is 1.07. The van der Waals surface area contributed by atoms with E-state index in [1.165, 1.54) is 11.1 Å². The third-order valence-electron chi connectivity index (χ3n) is 1.84. The van der Waals surface area contributed by atoms with Gasteiger partial charge in [-0.3, -0.25) is 4.57 Å². The van der Waals surface area contributed by atoms with E-state index in [0.29, 0.717) is 0 Å². The third-order valence-corrected chi connectivity index (χ3v) is 1.84. The van der Waals surface area contributed by atoms with Gasteiger partial charge in [0.15, 0.2) is 0 Å². The molecule has 0 saturated carbocycles. The highest BCUT2D eigenvalue weighted by molar-refractivity contribution is 7.30. The van der Waals surface area contributed by atoms with Gasteiger partial charge in [0.25, 0.3) is 0 Å². The van der Waals surface area contributed by atoms with E-state index in [-0.39, 0.29) is 6.04 Å². The number of fused-ring (bicyclic) bond motifs is 1. The van der Waals surface area contributed by atoms with Crippen LogP contribution in [0.5, 0.6) is 0 Å². The molecule has 5 heteroatoms. The van der Waals surface area contributed by atoms with Crippen LogP contribution in [0.25, 0.3) is 6.08 Å². The van der Waals surface area contributed by atoms with Crippen molar-refractivity contribution >= 4 is 14.3 Å². The summed E-state index contributed by atoms with van der Waals surface area (Å²) >= 11 is 0. The van der Waals surface area contributed by atoms with E-state index in [1.54, 1.807) is 0 Å². The summed E-state index contributed by atoms with van der Waals surface area (Å²) in [4.78, 5) is 14.3. The van der Waals surface area contributed by atoms with E-state index in [4.69, 9.17) is 20.1 Å². The molecule has 2 rings (SSSR count). The molecule has 4 nitrogen and oxygen atoms in total. The first-order valence-electron chi connectivity index (χ1n) is 4.06. The molecule has 0 fully saturated rings. The summed E-state index contributed by atoms with van der Waals surface area (Å²) in [7, 11) is -3.13. The Balaban J connectivity index is 0.000000213. The van der Waals surface area contributed by atoms with Gasteiger partial charge >= 0.3 is 8.25 Å². The maximum atomic E-state index is 8.74. The van der Waals surface area contributed by atoms with Gasteiger partial charge in [0.1, 0.15) is 0 Å². The number of rotatable bonds is 0. The lowest BCUT2D eigenvalue weighted by atomic mass is 10.1. The van der Waals surface area contributed by atoms with Crippen LogP contribution < -0.4 is 5.73 Å².